The van der Waals surface area contributed by atoms with Crippen LogP contribution in [0.5, 0.6) is 5.75 Å². The standard InChI is InChI=1S/C21H13FN2O6S/c22-11-4-2-5-12-17(11)30-19(23-12)18(26)24-20-15(21(27)28)10(8-31-20)14-7-9-3-1-6-13(25)16(9)29-14/h1,3,5-8,25H,2,4H2,(H,24,26)(H,27,28). The van der Waals surface area contributed by atoms with E-state index in [1.165, 1.54) is 11.4 Å². The topological polar surface area (TPSA) is 126 Å². The Hall–Kier alpha value is -3.92. The number of aromatic hydroxyl groups is 1. The number of aromatic carboxylic acids is 1. The zero-order valence-corrected chi connectivity index (χ0v) is 16.5. The fraction of sp³-hybridized carbons (Fsp3) is 0.0952. The molecule has 5 rings (SSSR count). The van der Waals surface area contributed by atoms with Crippen molar-refractivity contribution in [1.82, 2.24) is 4.98 Å². The van der Waals surface area contributed by atoms with E-state index in [4.69, 9.17) is 8.83 Å². The van der Waals surface area contributed by atoms with Crippen LogP contribution >= 0.6 is 11.3 Å². The first-order chi connectivity index (χ1) is 14.9. The minimum Gasteiger partial charge on any atom is -0.504 e. The molecule has 3 N–H and O–H groups in total. The first-order valence-electron chi connectivity index (χ1n) is 9.16. The van der Waals surface area contributed by atoms with Gasteiger partial charge in [-0.05, 0) is 18.6 Å². The third-order valence-corrected chi connectivity index (χ3v) is 5.71. The molecule has 31 heavy (non-hydrogen) atoms. The number of furan rings is 1. The lowest BCUT2D eigenvalue weighted by Crippen LogP contribution is -2.26. The molecule has 3 heterocycles. The highest BCUT2D eigenvalue weighted by Crippen LogP contribution is 2.39. The van der Waals surface area contributed by atoms with Crippen LogP contribution in [0.4, 0.5) is 9.39 Å². The smallest absolute Gasteiger partial charge is 0.339 e. The van der Waals surface area contributed by atoms with E-state index in [1.54, 1.807) is 24.3 Å². The molecule has 0 radical (unpaired) electrons. The lowest BCUT2D eigenvalue weighted by atomic mass is 10.1. The lowest BCUT2D eigenvalue weighted by Gasteiger charge is -2.02. The molecule has 0 saturated carbocycles. The van der Waals surface area contributed by atoms with Crippen molar-refractivity contribution >= 4 is 51.1 Å². The third kappa shape index (κ3) is 3.17. The van der Waals surface area contributed by atoms with Gasteiger partial charge in [0, 0.05) is 22.8 Å². The van der Waals surface area contributed by atoms with E-state index < -0.39 is 17.7 Å². The van der Waals surface area contributed by atoms with E-state index in [0.717, 1.165) is 11.3 Å². The summed E-state index contributed by atoms with van der Waals surface area (Å²) in [5.41, 5.74) is 0.203. The number of hydrogen-bond donors (Lipinski definition) is 3. The van der Waals surface area contributed by atoms with E-state index in [1.807, 2.05) is 0 Å². The Morgan fingerprint density at radius 1 is 1.26 bits per heavy atom. The van der Waals surface area contributed by atoms with Crippen LogP contribution in [0, 0.1) is 0 Å². The normalized spacial score (nSPS) is 13.1. The predicted molar refractivity (Wildman–Crippen MR) is 110 cm³/mol. The lowest BCUT2D eigenvalue weighted by molar-refractivity contribution is 0.0699. The van der Waals surface area contributed by atoms with Crippen molar-refractivity contribution in [2.75, 3.05) is 5.32 Å². The highest BCUT2D eigenvalue weighted by atomic mass is 32.1. The quantitative estimate of drug-likeness (QED) is 0.444. The molecule has 0 bridgehead atoms. The van der Waals surface area contributed by atoms with Crippen LogP contribution in [-0.2, 0) is 0 Å². The van der Waals surface area contributed by atoms with Crippen LogP contribution in [0.15, 0.2) is 38.5 Å². The summed E-state index contributed by atoms with van der Waals surface area (Å²) in [4.78, 5) is 28.5. The Morgan fingerprint density at radius 2 is 2.10 bits per heavy atom. The zero-order chi connectivity index (χ0) is 21.7. The fourth-order valence-corrected chi connectivity index (χ4v) is 4.33. The maximum Gasteiger partial charge on any atom is 0.339 e. The summed E-state index contributed by atoms with van der Waals surface area (Å²) in [6.45, 7) is 0. The van der Waals surface area contributed by atoms with Crippen molar-refractivity contribution in [3.8, 4) is 17.1 Å². The molecular weight excluding hydrogens is 427 g/mol. The Kier molecular flexibility index (Phi) is 4.36. The molecule has 0 fully saturated rings. The maximum atomic E-state index is 13.9. The van der Waals surface area contributed by atoms with Crippen LogP contribution in [0.1, 0.15) is 33.9 Å². The number of hydrogen-bond acceptors (Lipinski definition) is 7. The molecule has 1 amide bonds. The van der Waals surface area contributed by atoms with Gasteiger partial charge in [-0.25, -0.2) is 14.2 Å². The number of amides is 1. The molecule has 0 atom stereocenters. The van der Waals surface area contributed by atoms with E-state index in [-0.39, 0.29) is 56.3 Å². The van der Waals surface area contributed by atoms with Gasteiger partial charge in [-0.1, -0.05) is 18.2 Å². The van der Waals surface area contributed by atoms with Gasteiger partial charge < -0.3 is 24.4 Å². The molecule has 1 aromatic carbocycles. The Balaban J connectivity index is 1.53. The summed E-state index contributed by atoms with van der Waals surface area (Å²) in [5.74, 6) is -2.77. The highest BCUT2D eigenvalue weighted by molar-refractivity contribution is 7.15. The minimum atomic E-state index is -1.28. The number of phenols is 1. The number of benzene rings is 1. The van der Waals surface area contributed by atoms with Crippen molar-refractivity contribution in [3.05, 3.63) is 51.9 Å². The fourth-order valence-electron chi connectivity index (χ4n) is 3.39. The molecule has 0 spiro atoms. The van der Waals surface area contributed by atoms with Crippen molar-refractivity contribution < 1.29 is 33.0 Å². The van der Waals surface area contributed by atoms with Crippen molar-refractivity contribution in [3.63, 3.8) is 0 Å². The first-order valence-corrected chi connectivity index (χ1v) is 10.0. The van der Waals surface area contributed by atoms with Crippen molar-refractivity contribution in [1.29, 1.82) is 0 Å². The van der Waals surface area contributed by atoms with Gasteiger partial charge in [0.25, 0.3) is 5.89 Å². The molecule has 10 heteroatoms. The molecule has 0 aliphatic heterocycles. The van der Waals surface area contributed by atoms with E-state index >= 15 is 0 Å². The van der Waals surface area contributed by atoms with Crippen LogP contribution in [0.2, 0.25) is 0 Å². The van der Waals surface area contributed by atoms with Crippen LogP contribution in [-0.4, -0.2) is 27.1 Å². The van der Waals surface area contributed by atoms with Gasteiger partial charge in [-0.2, -0.15) is 0 Å². The first kappa shape index (κ1) is 19.1. The van der Waals surface area contributed by atoms with Crippen LogP contribution in [0.3, 0.4) is 0 Å². The average Bonchev–Trinajstić information content (AvgIpc) is 3.44. The highest BCUT2D eigenvalue weighted by Gasteiger charge is 2.25. The van der Waals surface area contributed by atoms with Crippen molar-refractivity contribution in [2.24, 2.45) is 0 Å². The largest absolute Gasteiger partial charge is 0.504 e. The number of oxazole rings is 1. The molecule has 0 saturated heterocycles. The Morgan fingerprint density at radius 3 is 2.84 bits per heavy atom. The molecule has 1 aliphatic carbocycles. The van der Waals surface area contributed by atoms with E-state index in [2.05, 4.69) is 10.3 Å². The van der Waals surface area contributed by atoms with E-state index in [0.29, 0.717) is 11.8 Å². The number of fused-ring (bicyclic) bond motifs is 2. The molecule has 8 nitrogen and oxygen atoms in total. The Bertz CT molecular complexity index is 1500. The second-order valence-corrected chi connectivity index (χ2v) is 7.68. The molecular formula is C21H13FN2O6S. The van der Waals surface area contributed by atoms with Crippen LogP contribution in [0.25, 0.3) is 34.2 Å². The van der Waals surface area contributed by atoms with Crippen molar-refractivity contribution in [2.45, 2.75) is 12.8 Å². The number of anilines is 1. The third-order valence-electron chi connectivity index (χ3n) is 4.82. The van der Waals surface area contributed by atoms with Gasteiger partial charge in [-0.15, -0.1) is 11.3 Å². The number of nitrogens with zero attached hydrogens (tertiary/aromatic N) is 1. The van der Waals surface area contributed by atoms with E-state index in [9.17, 15) is 24.2 Å². The van der Waals surface area contributed by atoms with Gasteiger partial charge in [0.05, 0.1) is 0 Å². The number of carboxylic acids is 1. The number of rotatable bonds is 4. The minimum absolute atomic E-state index is 0.0433. The number of phenolic OH excluding ortho intramolecular Hbond substituents is 1. The van der Waals surface area contributed by atoms with Crippen LogP contribution < -0.4 is 16.1 Å². The number of thiophene rings is 1. The summed E-state index contributed by atoms with van der Waals surface area (Å²) in [6.07, 6.45) is 2.30. The second-order valence-electron chi connectivity index (χ2n) is 6.80. The second kappa shape index (κ2) is 7.10. The maximum absolute atomic E-state index is 13.9. The van der Waals surface area contributed by atoms with Gasteiger partial charge in [0.2, 0.25) is 0 Å². The molecule has 3 aromatic heterocycles. The van der Waals surface area contributed by atoms with Gasteiger partial charge in [-0.3, -0.25) is 4.79 Å². The Labute approximate surface area is 176 Å². The summed E-state index contributed by atoms with van der Waals surface area (Å²) in [7, 11) is 0. The number of carbonyl (C=O) groups excluding carboxylic acids is 1. The number of carboxylic acid groups (broad SMARTS) is 1. The predicted octanol–water partition coefficient (Wildman–Crippen LogP) is 3.46. The molecule has 156 valence electrons. The molecule has 0 unspecified atom stereocenters. The SMILES string of the molecule is O=C(Nc1scc(-c2cc3cccc(O)c3o2)c1C(=O)O)c1nc2c(o1)=C(F)CCC=2. The summed E-state index contributed by atoms with van der Waals surface area (Å²) < 4.78 is 24.8. The monoisotopic (exact) mass is 440 g/mol. The summed E-state index contributed by atoms with van der Waals surface area (Å²) >= 11 is 0.980. The number of halogens is 1. The molecule has 4 aromatic rings. The molecule has 1 aliphatic rings. The summed E-state index contributed by atoms with van der Waals surface area (Å²) in [6, 6.07) is 6.42. The summed E-state index contributed by atoms with van der Waals surface area (Å²) in [5, 5.41) is 24.6. The number of aromatic nitrogens is 1. The van der Waals surface area contributed by atoms with Gasteiger partial charge in [0.1, 0.15) is 27.5 Å². The van der Waals surface area contributed by atoms with Gasteiger partial charge >= 0.3 is 11.9 Å². The zero-order valence-electron chi connectivity index (χ0n) is 15.6. The van der Waals surface area contributed by atoms with Gasteiger partial charge in [0.15, 0.2) is 16.7 Å². The average molecular weight is 440 g/mol. The number of para-hydroxylation sites is 1. The number of carbonyl (C=O) groups is 2. The number of nitrogens with one attached hydrogen (secondary N) is 1.